The van der Waals surface area contributed by atoms with Crippen LogP contribution in [0.25, 0.3) is 0 Å². The van der Waals surface area contributed by atoms with E-state index in [9.17, 15) is 0 Å². The SMILES string of the molecule is Cc1cn(C)c(NCC2CCCCO2)n1. The lowest BCUT2D eigenvalue weighted by molar-refractivity contribution is 0.0246. The molecule has 1 aliphatic heterocycles. The Morgan fingerprint density at radius 3 is 3.07 bits per heavy atom. The van der Waals surface area contributed by atoms with Crippen LogP contribution >= 0.6 is 0 Å². The van der Waals surface area contributed by atoms with Gasteiger partial charge < -0.3 is 14.6 Å². The summed E-state index contributed by atoms with van der Waals surface area (Å²) in [5.74, 6) is 0.932. The van der Waals surface area contributed by atoms with Crippen LogP contribution in [0.5, 0.6) is 0 Å². The van der Waals surface area contributed by atoms with Gasteiger partial charge in [0.1, 0.15) is 0 Å². The molecule has 1 aromatic rings. The van der Waals surface area contributed by atoms with Crippen molar-refractivity contribution in [3.63, 3.8) is 0 Å². The second-order valence-electron chi connectivity index (χ2n) is 4.19. The van der Waals surface area contributed by atoms with Crippen molar-refractivity contribution in [1.82, 2.24) is 9.55 Å². The number of hydrogen-bond donors (Lipinski definition) is 1. The molecule has 1 saturated heterocycles. The van der Waals surface area contributed by atoms with Crippen molar-refractivity contribution in [3.8, 4) is 0 Å². The molecule has 4 heteroatoms. The highest BCUT2D eigenvalue weighted by molar-refractivity contribution is 5.28. The first-order chi connectivity index (χ1) is 7.25. The van der Waals surface area contributed by atoms with Gasteiger partial charge in [0.25, 0.3) is 0 Å². The molecule has 1 aromatic heterocycles. The van der Waals surface area contributed by atoms with Crippen LogP contribution in [0, 0.1) is 6.92 Å². The van der Waals surface area contributed by atoms with E-state index in [-0.39, 0.29) is 0 Å². The van der Waals surface area contributed by atoms with Crippen molar-refractivity contribution in [2.45, 2.75) is 32.3 Å². The average molecular weight is 209 g/mol. The van der Waals surface area contributed by atoms with E-state index in [0.717, 1.165) is 31.2 Å². The highest BCUT2D eigenvalue weighted by atomic mass is 16.5. The Labute approximate surface area is 90.6 Å². The van der Waals surface area contributed by atoms with Gasteiger partial charge in [-0.05, 0) is 26.2 Å². The van der Waals surface area contributed by atoms with Gasteiger partial charge in [0, 0.05) is 26.4 Å². The number of hydrogen-bond acceptors (Lipinski definition) is 3. The van der Waals surface area contributed by atoms with Crippen LogP contribution in [-0.2, 0) is 11.8 Å². The fourth-order valence-corrected chi connectivity index (χ4v) is 1.95. The molecule has 0 radical (unpaired) electrons. The molecule has 15 heavy (non-hydrogen) atoms. The third-order valence-electron chi connectivity index (χ3n) is 2.76. The predicted octanol–water partition coefficient (Wildman–Crippen LogP) is 1.71. The summed E-state index contributed by atoms with van der Waals surface area (Å²) in [7, 11) is 2.00. The van der Waals surface area contributed by atoms with E-state index >= 15 is 0 Å². The van der Waals surface area contributed by atoms with E-state index in [1.807, 2.05) is 24.7 Å². The molecule has 2 rings (SSSR count). The van der Waals surface area contributed by atoms with Crippen LogP contribution in [0.4, 0.5) is 5.95 Å². The number of anilines is 1. The van der Waals surface area contributed by atoms with Gasteiger partial charge in [-0.1, -0.05) is 0 Å². The van der Waals surface area contributed by atoms with Gasteiger partial charge in [-0.25, -0.2) is 4.98 Å². The van der Waals surface area contributed by atoms with Crippen molar-refractivity contribution in [3.05, 3.63) is 11.9 Å². The maximum Gasteiger partial charge on any atom is 0.202 e. The van der Waals surface area contributed by atoms with E-state index in [1.165, 1.54) is 12.8 Å². The Morgan fingerprint density at radius 2 is 2.47 bits per heavy atom. The number of aryl methyl sites for hydroxylation is 2. The average Bonchev–Trinajstić information content (AvgIpc) is 2.56. The van der Waals surface area contributed by atoms with Gasteiger partial charge in [0.15, 0.2) is 0 Å². The second kappa shape index (κ2) is 4.66. The molecule has 1 N–H and O–H groups in total. The van der Waals surface area contributed by atoms with Gasteiger partial charge in [0.05, 0.1) is 11.8 Å². The second-order valence-corrected chi connectivity index (χ2v) is 4.19. The normalized spacial score (nSPS) is 21.6. The van der Waals surface area contributed by atoms with E-state index < -0.39 is 0 Å². The fraction of sp³-hybridized carbons (Fsp3) is 0.727. The monoisotopic (exact) mass is 209 g/mol. The first-order valence-electron chi connectivity index (χ1n) is 5.61. The van der Waals surface area contributed by atoms with Gasteiger partial charge in [-0.15, -0.1) is 0 Å². The van der Waals surface area contributed by atoms with E-state index in [4.69, 9.17) is 4.74 Å². The lowest BCUT2D eigenvalue weighted by atomic mass is 10.1. The predicted molar refractivity (Wildman–Crippen MR) is 60.0 cm³/mol. The molecular formula is C11H19N3O. The lowest BCUT2D eigenvalue weighted by Crippen LogP contribution is -2.27. The van der Waals surface area contributed by atoms with Gasteiger partial charge in [-0.2, -0.15) is 0 Å². The summed E-state index contributed by atoms with van der Waals surface area (Å²) in [5, 5.41) is 3.33. The van der Waals surface area contributed by atoms with Crippen LogP contribution in [0.2, 0.25) is 0 Å². The van der Waals surface area contributed by atoms with Crippen molar-refractivity contribution in [2.75, 3.05) is 18.5 Å². The van der Waals surface area contributed by atoms with E-state index in [1.54, 1.807) is 0 Å². The third kappa shape index (κ3) is 2.72. The smallest absolute Gasteiger partial charge is 0.202 e. The lowest BCUT2D eigenvalue weighted by Gasteiger charge is -2.22. The van der Waals surface area contributed by atoms with Crippen molar-refractivity contribution in [1.29, 1.82) is 0 Å². The Morgan fingerprint density at radius 1 is 1.60 bits per heavy atom. The largest absolute Gasteiger partial charge is 0.376 e. The van der Waals surface area contributed by atoms with Crippen LogP contribution < -0.4 is 5.32 Å². The van der Waals surface area contributed by atoms with Crippen LogP contribution in [-0.4, -0.2) is 28.8 Å². The maximum absolute atomic E-state index is 5.65. The topological polar surface area (TPSA) is 39.1 Å². The molecule has 1 fully saturated rings. The summed E-state index contributed by atoms with van der Waals surface area (Å²) in [6.45, 7) is 3.78. The number of ether oxygens (including phenoxy) is 1. The number of imidazole rings is 1. The van der Waals surface area contributed by atoms with Crippen molar-refractivity contribution < 1.29 is 4.74 Å². The number of rotatable bonds is 3. The molecule has 0 bridgehead atoms. The van der Waals surface area contributed by atoms with Gasteiger partial charge >= 0.3 is 0 Å². The Hall–Kier alpha value is -1.03. The summed E-state index contributed by atoms with van der Waals surface area (Å²) in [5.41, 5.74) is 1.05. The van der Waals surface area contributed by atoms with Crippen molar-refractivity contribution >= 4 is 5.95 Å². The summed E-state index contributed by atoms with van der Waals surface area (Å²) in [6.07, 6.45) is 6.03. The van der Waals surface area contributed by atoms with E-state index in [2.05, 4.69) is 10.3 Å². The third-order valence-corrected chi connectivity index (χ3v) is 2.76. The Balaban J connectivity index is 1.84. The molecule has 1 unspecified atom stereocenters. The quantitative estimate of drug-likeness (QED) is 0.823. The molecule has 0 saturated carbocycles. The molecule has 2 heterocycles. The number of nitrogens with one attached hydrogen (secondary N) is 1. The molecule has 0 spiro atoms. The zero-order valence-corrected chi connectivity index (χ0v) is 9.49. The molecule has 0 amide bonds. The molecule has 1 aliphatic rings. The minimum atomic E-state index is 0.357. The maximum atomic E-state index is 5.65. The first-order valence-corrected chi connectivity index (χ1v) is 5.61. The van der Waals surface area contributed by atoms with Gasteiger partial charge in [0.2, 0.25) is 5.95 Å². The standard InChI is InChI=1S/C11H19N3O/c1-9-8-14(2)11(13-9)12-7-10-5-3-4-6-15-10/h8,10H,3-7H2,1-2H3,(H,12,13). The molecular weight excluding hydrogens is 190 g/mol. The fourth-order valence-electron chi connectivity index (χ4n) is 1.95. The Kier molecular flexibility index (Phi) is 3.26. The first kappa shape index (κ1) is 10.5. The minimum Gasteiger partial charge on any atom is -0.376 e. The number of aromatic nitrogens is 2. The molecule has 4 nitrogen and oxygen atoms in total. The summed E-state index contributed by atoms with van der Waals surface area (Å²) in [6, 6.07) is 0. The van der Waals surface area contributed by atoms with Crippen LogP contribution in [0.15, 0.2) is 6.20 Å². The van der Waals surface area contributed by atoms with E-state index in [0.29, 0.717) is 6.10 Å². The molecule has 1 atom stereocenters. The summed E-state index contributed by atoms with van der Waals surface area (Å²) < 4.78 is 7.66. The highest BCUT2D eigenvalue weighted by Crippen LogP contribution is 2.13. The Bertz CT molecular complexity index is 316. The van der Waals surface area contributed by atoms with Crippen LogP contribution in [0.3, 0.4) is 0 Å². The summed E-state index contributed by atoms with van der Waals surface area (Å²) in [4.78, 5) is 4.39. The summed E-state index contributed by atoms with van der Waals surface area (Å²) >= 11 is 0. The number of nitrogens with zero attached hydrogens (tertiary/aromatic N) is 2. The van der Waals surface area contributed by atoms with Gasteiger partial charge in [-0.3, -0.25) is 0 Å². The highest BCUT2D eigenvalue weighted by Gasteiger charge is 2.14. The zero-order chi connectivity index (χ0) is 10.7. The molecule has 0 aliphatic carbocycles. The minimum absolute atomic E-state index is 0.357. The van der Waals surface area contributed by atoms with Crippen LogP contribution in [0.1, 0.15) is 25.0 Å². The zero-order valence-electron chi connectivity index (χ0n) is 9.49. The molecule has 84 valence electrons. The molecule has 0 aromatic carbocycles. The van der Waals surface area contributed by atoms with Crippen molar-refractivity contribution in [2.24, 2.45) is 7.05 Å².